The van der Waals surface area contributed by atoms with E-state index in [9.17, 15) is 0 Å². The van der Waals surface area contributed by atoms with Crippen LogP contribution in [0.3, 0.4) is 0 Å². The molecule has 0 spiro atoms. The summed E-state index contributed by atoms with van der Waals surface area (Å²) < 4.78 is 4.01. The summed E-state index contributed by atoms with van der Waals surface area (Å²) in [6, 6.07) is 0.840. The highest BCUT2D eigenvalue weighted by molar-refractivity contribution is 14.0. The monoisotopic (exact) mass is 542 g/mol. The number of aliphatic imine (C=N–C) groups is 1. The first-order chi connectivity index (χ1) is 14.5. The fourth-order valence-electron chi connectivity index (χ4n) is 4.39. The predicted octanol–water partition coefficient (Wildman–Crippen LogP) is 1.18. The molecule has 0 bridgehead atoms. The number of hydrogen-bond acceptors (Lipinski definition) is 6. The molecule has 1 saturated heterocycles. The number of likely N-dealkylation sites (N-methyl/N-ethyl adjacent to an activating group) is 1. The number of likely N-dealkylation sites (tertiary alicyclic amines) is 1. The van der Waals surface area contributed by atoms with Gasteiger partial charge in [-0.05, 0) is 46.2 Å². The number of rotatable bonds is 6. The lowest BCUT2D eigenvalue weighted by Gasteiger charge is -2.27. The number of aryl methyl sites for hydroxylation is 3. The molecule has 0 saturated carbocycles. The van der Waals surface area contributed by atoms with Crippen LogP contribution in [0, 0.1) is 13.8 Å². The van der Waals surface area contributed by atoms with Crippen LogP contribution in [-0.4, -0.2) is 72.1 Å². The number of nitrogens with one attached hydrogen (secondary N) is 2. The van der Waals surface area contributed by atoms with Crippen molar-refractivity contribution in [3.63, 3.8) is 0 Å². The minimum absolute atomic E-state index is 0. The van der Waals surface area contributed by atoms with E-state index in [0.29, 0.717) is 12.6 Å². The van der Waals surface area contributed by atoms with Gasteiger partial charge in [0, 0.05) is 32.1 Å². The largest absolute Gasteiger partial charge is 0.355 e. The molecule has 0 aliphatic carbocycles. The summed E-state index contributed by atoms with van der Waals surface area (Å²) in [5, 5.41) is 20.1. The number of fused-ring (bicyclic) bond motifs is 1. The van der Waals surface area contributed by atoms with E-state index in [-0.39, 0.29) is 30.0 Å². The Hall–Kier alpha value is -1.76. The average Bonchev–Trinajstić information content (AvgIpc) is 3.43. The van der Waals surface area contributed by atoms with Gasteiger partial charge in [-0.1, -0.05) is 6.92 Å². The fourth-order valence-corrected chi connectivity index (χ4v) is 4.39. The lowest BCUT2D eigenvalue weighted by atomic mass is 10.1. The number of halogens is 1. The Morgan fingerprint density at radius 3 is 2.81 bits per heavy atom. The molecule has 2 unspecified atom stereocenters. The Bertz CT molecular complexity index is 889. The van der Waals surface area contributed by atoms with Crippen molar-refractivity contribution >= 4 is 29.9 Å². The minimum atomic E-state index is 0. The van der Waals surface area contributed by atoms with Crippen LogP contribution in [0.1, 0.15) is 49.5 Å². The second-order valence-electron chi connectivity index (χ2n) is 8.33. The maximum absolute atomic E-state index is 4.84. The second kappa shape index (κ2) is 10.7. The van der Waals surface area contributed by atoms with Crippen LogP contribution >= 0.6 is 24.0 Å². The topological polar surface area (TPSA) is 101 Å². The molecular formula is C20H35IN10. The predicted molar refractivity (Wildman–Crippen MR) is 131 cm³/mol. The maximum Gasteiger partial charge on any atom is 0.192 e. The molecular weight excluding hydrogens is 507 g/mol. The summed E-state index contributed by atoms with van der Waals surface area (Å²) in [6.45, 7) is 10.6. The van der Waals surface area contributed by atoms with Crippen LogP contribution in [0.15, 0.2) is 4.99 Å². The van der Waals surface area contributed by atoms with E-state index in [1.54, 1.807) is 0 Å². The molecule has 2 aromatic heterocycles. The van der Waals surface area contributed by atoms with Crippen LogP contribution in [-0.2, 0) is 26.6 Å². The molecule has 0 radical (unpaired) electrons. The Morgan fingerprint density at radius 1 is 1.23 bits per heavy atom. The number of aromatic nitrogens is 6. The van der Waals surface area contributed by atoms with Crippen molar-refractivity contribution in [1.29, 1.82) is 0 Å². The van der Waals surface area contributed by atoms with Crippen LogP contribution in [0.4, 0.5) is 0 Å². The Balaban J connectivity index is 0.00000272. The van der Waals surface area contributed by atoms with E-state index in [1.165, 1.54) is 19.4 Å². The van der Waals surface area contributed by atoms with Crippen LogP contribution in [0.2, 0.25) is 0 Å². The van der Waals surface area contributed by atoms with Gasteiger partial charge in [-0.25, -0.2) is 14.7 Å². The molecule has 2 N–H and O–H groups in total. The molecule has 10 nitrogen and oxygen atoms in total. The Kier molecular flexibility index (Phi) is 8.25. The van der Waals surface area contributed by atoms with Crippen LogP contribution in [0.5, 0.6) is 0 Å². The minimum Gasteiger partial charge on any atom is -0.355 e. The SMILES string of the molecule is CCN1CCCC1CNC(=NCc1nnc(C)n1C)NC1CCc2nc(C)nn2C1.I. The standard InChI is InChI=1S/C20H34N10.HI/c1-5-29-10-6-7-17(29)11-21-20(22-12-19-26-25-15(3)28(19)4)24-16-8-9-18-23-14(2)27-30(18)13-16;/h16-17H,5-13H2,1-4H3,(H2,21,22,24);1H. The van der Waals surface area contributed by atoms with Crippen molar-refractivity contribution < 1.29 is 0 Å². The van der Waals surface area contributed by atoms with Gasteiger partial charge < -0.3 is 15.2 Å². The van der Waals surface area contributed by atoms with E-state index in [0.717, 1.165) is 61.7 Å². The first-order valence-electron chi connectivity index (χ1n) is 11.1. The lowest BCUT2D eigenvalue weighted by molar-refractivity contribution is 0.266. The molecule has 4 heterocycles. The number of nitrogens with zero attached hydrogens (tertiary/aromatic N) is 8. The normalized spacial score (nSPS) is 21.6. The summed E-state index contributed by atoms with van der Waals surface area (Å²) in [7, 11) is 1.98. The van der Waals surface area contributed by atoms with E-state index < -0.39 is 0 Å². The highest BCUT2D eigenvalue weighted by atomic mass is 127. The molecule has 0 aromatic carbocycles. The smallest absolute Gasteiger partial charge is 0.192 e. The average molecular weight is 542 g/mol. The third-order valence-corrected chi connectivity index (χ3v) is 6.28. The van der Waals surface area contributed by atoms with Gasteiger partial charge in [0.25, 0.3) is 0 Å². The molecule has 1 fully saturated rings. The van der Waals surface area contributed by atoms with Gasteiger partial charge in [-0.15, -0.1) is 34.2 Å². The first-order valence-corrected chi connectivity index (χ1v) is 11.1. The summed E-state index contributed by atoms with van der Waals surface area (Å²) in [4.78, 5) is 11.9. The highest BCUT2D eigenvalue weighted by Gasteiger charge is 2.25. The van der Waals surface area contributed by atoms with Crippen LogP contribution < -0.4 is 10.6 Å². The van der Waals surface area contributed by atoms with Gasteiger partial charge in [-0.3, -0.25) is 4.90 Å². The van der Waals surface area contributed by atoms with Crippen LogP contribution in [0.25, 0.3) is 0 Å². The molecule has 172 valence electrons. The zero-order valence-corrected chi connectivity index (χ0v) is 21.3. The summed E-state index contributed by atoms with van der Waals surface area (Å²) in [6.07, 6.45) is 4.46. The Morgan fingerprint density at radius 2 is 2.06 bits per heavy atom. The summed E-state index contributed by atoms with van der Waals surface area (Å²) in [5.41, 5.74) is 0. The molecule has 2 aromatic rings. The fraction of sp³-hybridized carbons (Fsp3) is 0.750. The highest BCUT2D eigenvalue weighted by Crippen LogP contribution is 2.16. The number of hydrogen-bond donors (Lipinski definition) is 2. The maximum atomic E-state index is 4.84. The number of guanidine groups is 1. The molecule has 2 aliphatic rings. The zero-order valence-electron chi connectivity index (χ0n) is 19.0. The molecule has 4 rings (SSSR count). The van der Waals surface area contributed by atoms with Gasteiger partial charge in [0.15, 0.2) is 11.8 Å². The van der Waals surface area contributed by atoms with Crippen molar-refractivity contribution in [3.8, 4) is 0 Å². The van der Waals surface area contributed by atoms with E-state index in [2.05, 4.69) is 42.7 Å². The molecule has 2 aliphatic heterocycles. The van der Waals surface area contributed by atoms with E-state index in [4.69, 9.17) is 4.99 Å². The second-order valence-corrected chi connectivity index (χ2v) is 8.33. The molecule has 11 heteroatoms. The third kappa shape index (κ3) is 5.73. The lowest BCUT2D eigenvalue weighted by Crippen LogP contribution is -2.50. The van der Waals surface area contributed by atoms with Gasteiger partial charge >= 0.3 is 0 Å². The molecule has 2 atom stereocenters. The third-order valence-electron chi connectivity index (χ3n) is 6.28. The first kappa shape index (κ1) is 23.9. The quantitative estimate of drug-likeness (QED) is 0.321. The molecule has 0 amide bonds. The Labute approximate surface area is 201 Å². The van der Waals surface area contributed by atoms with Gasteiger partial charge in [0.2, 0.25) is 0 Å². The van der Waals surface area contributed by atoms with Crippen molar-refractivity contribution in [2.45, 2.75) is 71.6 Å². The van der Waals surface area contributed by atoms with Gasteiger partial charge in [0.1, 0.15) is 24.0 Å². The van der Waals surface area contributed by atoms with Crippen molar-refractivity contribution in [2.75, 3.05) is 19.6 Å². The summed E-state index contributed by atoms with van der Waals surface area (Å²) in [5.74, 6) is 4.52. The van der Waals surface area contributed by atoms with E-state index in [1.807, 2.05) is 30.1 Å². The molecule has 31 heavy (non-hydrogen) atoms. The van der Waals surface area contributed by atoms with Crippen molar-refractivity contribution in [1.82, 2.24) is 45.1 Å². The van der Waals surface area contributed by atoms with E-state index >= 15 is 0 Å². The van der Waals surface area contributed by atoms with Gasteiger partial charge in [0.05, 0.1) is 6.54 Å². The zero-order chi connectivity index (χ0) is 21.1. The summed E-state index contributed by atoms with van der Waals surface area (Å²) >= 11 is 0. The van der Waals surface area contributed by atoms with Gasteiger partial charge in [-0.2, -0.15) is 5.10 Å². The van der Waals surface area contributed by atoms with Crippen molar-refractivity contribution in [2.24, 2.45) is 12.0 Å². The van der Waals surface area contributed by atoms with Crippen molar-refractivity contribution in [3.05, 3.63) is 23.3 Å².